The van der Waals surface area contributed by atoms with Crippen LogP contribution in [0.25, 0.3) is 6.08 Å². The molecule has 8 nitrogen and oxygen atoms in total. The van der Waals surface area contributed by atoms with Crippen LogP contribution < -0.4 is 10.0 Å². The number of aromatic nitrogens is 3. The van der Waals surface area contributed by atoms with Crippen molar-refractivity contribution in [3.8, 4) is 0 Å². The predicted molar refractivity (Wildman–Crippen MR) is 101 cm³/mol. The second kappa shape index (κ2) is 8.19. The third-order valence-corrected chi connectivity index (χ3v) is 4.68. The van der Waals surface area contributed by atoms with E-state index in [0.29, 0.717) is 5.69 Å². The Morgan fingerprint density at radius 3 is 2.37 bits per heavy atom. The molecule has 27 heavy (non-hydrogen) atoms. The molecule has 0 saturated carbocycles. The molecule has 136 valence electrons. The molecule has 0 aliphatic rings. The summed E-state index contributed by atoms with van der Waals surface area (Å²) in [5.41, 5.74) is 1.26. The van der Waals surface area contributed by atoms with Gasteiger partial charge in [0.1, 0.15) is 0 Å². The fourth-order valence-corrected chi connectivity index (χ4v) is 3.04. The number of hydrogen-bond acceptors (Lipinski definition) is 6. The zero-order chi connectivity index (χ0) is 19.1. The maximum absolute atomic E-state index is 12.3. The highest BCUT2D eigenvalue weighted by molar-refractivity contribution is 7.92. The standard InChI is InChI=1S/C18H15N5O3S/c24-17(9-4-14-3-1-10-19-13-14)22-15-5-7-16(8-6-15)27(25,26)23-18-20-11-2-12-21-18/h1-13H,(H,22,24)(H,20,21,23)/b9-4+. The van der Waals surface area contributed by atoms with Gasteiger partial charge in [0.2, 0.25) is 11.9 Å². The van der Waals surface area contributed by atoms with Crippen LogP contribution in [0.15, 0.2) is 78.2 Å². The predicted octanol–water partition coefficient (Wildman–Crippen LogP) is 2.32. The number of benzene rings is 1. The lowest BCUT2D eigenvalue weighted by atomic mass is 10.2. The van der Waals surface area contributed by atoms with Gasteiger partial charge in [-0.25, -0.2) is 23.1 Å². The molecule has 3 rings (SSSR count). The first-order valence-electron chi connectivity index (χ1n) is 7.82. The molecular weight excluding hydrogens is 366 g/mol. The van der Waals surface area contributed by atoms with E-state index in [-0.39, 0.29) is 16.8 Å². The Hall–Kier alpha value is -3.59. The summed E-state index contributed by atoms with van der Waals surface area (Å²) >= 11 is 0. The van der Waals surface area contributed by atoms with Crippen molar-refractivity contribution in [3.63, 3.8) is 0 Å². The Morgan fingerprint density at radius 2 is 1.70 bits per heavy atom. The van der Waals surface area contributed by atoms with Gasteiger partial charge in [-0.05, 0) is 48.0 Å². The molecular formula is C18H15N5O3S. The summed E-state index contributed by atoms with van der Waals surface area (Å²) in [5.74, 6) is -0.360. The van der Waals surface area contributed by atoms with E-state index in [1.165, 1.54) is 42.7 Å². The number of rotatable bonds is 6. The highest BCUT2D eigenvalue weighted by atomic mass is 32.2. The molecule has 0 bridgehead atoms. The Balaban J connectivity index is 1.64. The van der Waals surface area contributed by atoms with E-state index in [0.717, 1.165) is 5.56 Å². The minimum Gasteiger partial charge on any atom is -0.323 e. The third-order valence-electron chi connectivity index (χ3n) is 3.34. The molecule has 0 unspecified atom stereocenters. The minimum absolute atomic E-state index is 0.0181. The van der Waals surface area contributed by atoms with Crippen LogP contribution in [0.4, 0.5) is 11.6 Å². The van der Waals surface area contributed by atoms with Crippen molar-refractivity contribution in [3.05, 3.63) is 78.9 Å². The first-order valence-corrected chi connectivity index (χ1v) is 9.30. The van der Waals surface area contributed by atoms with E-state index in [2.05, 4.69) is 25.0 Å². The lowest BCUT2D eigenvalue weighted by Crippen LogP contribution is -2.15. The normalized spacial score (nSPS) is 11.3. The van der Waals surface area contributed by atoms with Crippen LogP contribution in [0.3, 0.4) is 0 Å². The van der Waals surface area contributed by atoms with Gasteiger partial charge < -0.3 is 5.32 Å². The fourth-order valence-electron chi connectivity index (χ4n) is 2.08. The summed E-state index contributed by atoms with van der Waals surface area (Å²) in [7, 11) is -3.81. The lowest BCUT2D eigenvalue weighted by molar-refractivity contribution is -0.111. The Bertz CT molecular complexity index is 1040. The van der Waals surface area contributed by atoms with Crippen LogP contribution in [-0.2, 0) is 14.8 Å². The smallest absolute Gasteiger partial charge is 0.264 e. The third kappa shape index (κ3) is 5.19. The maximum Gasteiger partial charge on any atom is 0.264 e. The number of nitrogens with one attached hydrogen (secondary N) is 2. The average molecular weight is 381 g/mol. The van der Waals surface area contributed by atoms with Crippen molar-refractivity contribution >= 4 is 33.6 Å². The molecule has 0 aliphatic carbocycles. The summed E-state index contributed by atoms with van der Waals surface area (Å²) in [6, 6.07) is 10.9. The number of carbonyl (C=O) groups excluding carboxylic acids is 1. The average Bonchev–Trinajstić information content (AvgIpc) is 2.68. The van der Waals surface area contributed by atoms with Crippen molar-refractivity contribution in [1.82, 2.24) is 15.0 Å². The van der Waals surface area contributed by atoms with Gasteiger partial charge in [-0.2, -0.15) is 0 Å². The number of nitrogens with zero attached hydrogens (tertiary/aromatic N) is 3. The second-order valence-electron chi connectivity index (χ2n) is 5.31. The zero-order valence-electron chi connectivity index (χ0n) is 14.0. The first-order chi connectivity index (χ1) is 13.0. The van der Waals surface area contributed by atoms with Gasteiger partial charge in [0.15, 0.2) is 0 Å². The zero-order valence-corrected chi connectivity index (χ0v) is 14.8. The molecule has 2 N–H and O–H groups in total. The number of anilines is 2. The van der Waals surface area contributed by atoms with Gasteiger partial charge in [0.05, 0.1) is 4.90 Å². The van der Waals surface area contributed by atoms with E-state index in [4.69, 9.17) is 0 Å². The Morgan fingerprint density at radius 1 is 0.963 bits per heavy atom. The number of sulfonamides is 1. The van der Waals surface area contributed by atoms with Crippen LogP contribution in [0.1, 0.15) is 5.56 Å². The Labute approximate surface area is 156 Å². The number of hydrogen-bond donors (Lipinski definition) is 2. The molecule has 0 atom stereocenters. The van der Waals surface area contributed by atoms with Gasteiger partial charge in [-0.1, -0.05) is 6.07 Å². The summed E-state index contributed by atoms with van der Waals surface area (Å²) in [6.07, 6.45) is 9.14. The van der Waals surface area contributed by atoms with Gasteiger partial charge >= 0.3 is 0 Å². The molecule has 9 heteroatoms. The topological polar surface area (TPSA) is 114 Å². The van der Waals surface area contributed by atoms with E-state index >= 15 is 0 Å². The van der Waals surface area contributed by atoms with E-state index in [1.807, 2.05) is 6.07 Å². The summed E-state index contributed by atoms with van der Waals surface area (Å²) < 4.78 is 26.9. The molecule has 2 heterocycles. The number of amides is 1. The lowest BCUT2D eigenvalue weighted by Gasteiger charge is -2.07. The quantitative estimate of drug-likeness (QED) is 0.634. The van der Waals surface area contributed by atoms with Crippen LogP contribution in [-0.4, -0.2) is 29.3 Å². The summed E-state index contributed by atoms with van der Waals surface area (Å²) in [5, 5.41) is 2.65. The minimum atomic E-state index is -3.81. The SMILES string of the molecule is O=C(/C=C/c1cccnc1)Nc1ccc(S(=O)(=O)Nc2ncccn2)cc1. The van der Waals surface area contributed by atoms with Gasteiger partial charge in [0.25, 0.3) is 10.0 Å². The molecule has 0 aliphatic heterocycles. The molecule has 1 aromatic carbocycles. The van der Waals surface area contributed by atoms with Crippen LogP contribution in [0.5, 0.6) is 0 Å². The van der Waals surface area contributed by atoms with E-state index < -0.39 is 10.0 Å². The molecule has 0 spiro atoms. The maximum atomic E-state index is 12.3. The summed E-state index contributed by atoms with van der Waals surface area (Å²) in [6.45, 7) is 0. The van der Waals surface area contributed by atoms with Crippen LogP contribution in [0, 0.1) is 0 Å². The van der Waals surface area contributed by atoms with Crippen molar-refractivity contribution in [1.29, 1.82) is 0 Å². The summed E-state index contributed by atoms with van der Waals surface area (Å²) in [4.78, 5) is 23.6. The van der Waals surface area contributed by atoms with Crippen molar-refractivity contribution in [2.45, 2.75) is 4.90 Å². The van der Waals surface area contributed by atoms with Gasteiger partial charge in [0, 0.05) is 36.6 Å². The highest BCUT2D eigenvalue weighted by Gasteiger charge is 2.15. The van der Waals surface area contributed by atoms with E-state index in [9.17, 15) is 13.2 Å². The fraction of sp³-hybridized carbons (Fsp3) is 0. The largest absolute Gasteiger partial charge is 0.323 e. The molecule has 1 amide bonds. The van der Waals surface area contributed by atoms with Crippen molar-refractivity contribution in [2.75, 3.05) is 10.0 Å². The van der Waals surface area contributed by atoms with Crippen molar-refractivity contribution < 1.29 is 13.2 Å². The molecule has 0 fully saturated rings. The molecule has 2 aromatic heterocycles. The molecule has 0 radical (unpaired) electrons. The molecule has 3 aromatic rings. The van der Waals surface area contributed by atoms with Crippen LogP contribution in [0.2, 0.25) is 0 Å². The number of pyridine rings is 1. The van der Waals surface area contributed by atoms with Gasteiger partial charge in [-0.3, -0.25) is 9.78 Å². The van der Waals surface area contributed by atoms with Crippen LogP contribution >= 0.6 is 0 Å². The van der Waals surface area contributed by atoms with Crippen molar-refractivity contribution in [2.24, 2.45) is 0 Å². The Kier molecular flexibility index (Phi) is 5.53. The first kappa shape index (κ1) is 18.2. The monoisotopic (exact) mass is 381 g/mol. The number of carbonyl (C=O) groups is 1. The molecule has 0 saturated heterocycles. The van der Waals surface area contributed by atoms with Gasteiger partial charge in [-0.15, -0.1) is 0 Å². The second-order valence-corrected chi connectivity index (χ2v) is 6.99. The highest BCUT2D eigenvalue weighted by Crippen LogP contribution is 2.16. The van der Waals surface area contributed by atoms with E-state index in [1.54, 1.807) is 30.6 Å².